The highest BCUT2D eigenvalue weighted by atomic mass is 15.3. The van der Waals surface area contributed by atoms with Gasteiger partial charge in [-0.05, 0) is 18.2 Å². The SMILES string of the molecule is NNc1ccccc1-n1cccn1. The first kappa shape index (κ1) is 7.82. The molecular formula is C9H10N4. The van der Waals surface area contributed by atoms with Crippen molar-refractivity contribution in [2.24, 2.45) is 5.84 Å². The second kappa shape index (κ2) is 3.28. The van der Waals surface area contributed by atoms with Gasteiger partial charge in [0.2, 0.25) is 0 Å². The van der Waals surface area contributed by atoms with Gasteiger partial charge in [0.15, 0.2) is 0 Å². The van der Waals surface area contributed by atoms with Crippen molar-refractivity contribution in [2.45, 2.75) is 0 Å². The number of hydrazine groups is 1. The van der Waals surface area contributed by atoms with Gasteiger partial charge in [0.25, 0.3) is 0 Å². The van der Waals surface area contributed by atoms with Crippen LogP contribution in [0.3, 0.4) is 0 Å². The zero-order valence-electron chi connectivity index (χ0n) is 7.01. The molecule has 1 heterocycles. The molecule has 66 valence electrons. The number of benzene rings is 1. The molecule has 0 spiro atoms. The predicted octanol–water partition coefficient (Wildman–Crippen LogP) is 1.16. The van der Waals surface area contributed by atoms with Crippen LogP contribution in [-0.2, 0) is 0 Å². The molecular weight excluding hydrogens is 164 g/mol. The van der Waals surface area contributed by atoms with Crippen molar-refractivity contribution in [3.05, 3.63) is 42.7 Å². The van der Waals surface area contributed by atoms with Gasteiger partial charge in [-0.1, -0.05) is 12.1 Å². The minimum Gasteiger partial charge on any atom is -0.322 e. The Kier molecular flexibility index (Phi) is 1.97. The molecule has 1 aromatic carbocycles. The van der Waals surface area contributed by atoms with E-state index in [2.05, 4.69) is 10.5 Å². The molecule has 0 unspecified atom stereocenters. The Morgan fingerprint density at radius 1 is 1.23 bits per heavy atom. The molecule has 0 amide bonds. The summed E-state index contributed by atoms with van der Waals surface area (Å²) in [6.07, 6.45) is 3.60. The maximum atomic E-state index is 5.37. The van der Waals surface area contributed by atoms with Crippen molar-refractivity contribution in [3.8, 4) is 5.69 Å². The summed E-state index contributed by atoms with van der Waals surface area (Å²) in [6.45, 7) is 0. The van der Waals surface area contributed by atoms with Crippen LogP contribution in [0.2, 0.25) is 0 Å². The number of rotatable bonds is 2. The average molecular weight is 174 g/mol. The molecule has 1 aromatic heterocycles. The van der Waals surface area contributed by atoms with E-state index >= 15 is 0 Å². The number of hydrogen-bond acceptors (Lipinski definition) is 3. The Morgan fingerprint density at radius 3 is 2.77 bits per heavy atom. The van der Waals surface area contributed by atoms with E-state index in [0.717, 1.165) is 11.4 Å². The number of aromatic nitrogens is 2. The quantitative estimate of drug-likeness (QED) is 0.530. The van der Waals surface area contributed by atoms with Crippen molar-refractivity contribution < 1.29 is 0 Å². The van der Waals surface area contributed by atoms with E-state index < -0.39 is 0 Å². The zero-order chi connectivity index (χ0) is 9.10. The second-order valence-corrected chi connectivity index (χ2v) is 2.61. The normalized spacial score (nSPS) is 9.92. The lowest BCUT2D eigenvalue weighted by Gasteiger charge is -2.07. The Bertz CT molecular complexity index is 380. The number of para-hydroxylation sites is 2. The number of nitrogens with one attached hydrogen (secondary N) is 1. The van der Waals surface area contributed by atoms with Gasteiger partial charge in [0.1, 0.15) is 0 Å². The zero-order valence-corrected chi connectivity index (χ0v) is 7.01. The molecule has 4 heteroatoms. The molecule has 0 aliphatic carbocycles. The average Bonchev–Trinajstić information content (AvgIpc) is 2.70. The molecule has 0 saturated heterocycles. The fourth-order valence-electron chi connectivity index (χ4n) is 1.21. The van der Waals surface area contributed by atoms with E-state index in [1.807, 2.05) is 36.5 Å². The summed E-state index contributed by atoms with van der Waals surface area (Å²) in [5.74, 6) is 5.37. The highest BCUT2D eigenvalue weighted by molar-refractivity contribution is 5.59. The van der Waals surface area contributed by atoms with Crippen LogP contribution in [0, 0.1) is 0 Å². The Hall–Kier alpha value is -1.81. The summed E-state index contributed by atoms with van der Waals surface area (Å²) in [5, 5.41) is 4.12. The van der Waals surface area contributed by atoms with Crippen LogP contribution in [0.15, 0.2) is 42.7 Å². The lowest BCUT2D eigenvalue weighted by atomic mass is 10.3. The van der Waals surface area contributed by atoms with E-state index in [-0.39, 0.29) is 0 Å². The van der Waals surface area contributed by atoms with Crippen molar-refractivity contribution in [1.82, 2.24) is 9.78 Å². The number of nitrogens with two attached hydrogens (primary N) is 1. The maximum Gasteiger partial charge on any atom is 0.0890 e. The lowest BCUT2D eigenvalue weighted by Crippen LogP contribution is -2.10. The summed E-state index contributed by atoms with van der Waals surface area (Å²) in [5.41, 5.74) is 4.42. The first-order valence-electron chi connectivity index (χ1n) is 3.97. The molecule has 13 heavy (non-hydrogen) atoms. The second-order valence-electron chi connectivity index (χ2n) is 2.61. The predicted molar refractivity (Wildman–Crippen MR) is 51.4 cm³/mol. The standard InChI is InChI=1S/C9H10N4/c10-12-8-4-1-2-5-9(8)13-7-3-6-11-13/h1-7,12H,10H2. The van der Waals surface area contributed by atoms with Gasteiger partial charge >= 0.3 is 0 Å². The Labute approximate surface area is 76.0 Å². The molecule has 0 fully saturated rings. The third-order valence-electron chi connectivity index (χ3n) is 1.81. The largest absolute Gasteiger partial charge is 0.322 e. The third-order valence-corrected chi connectivity index (χ3v) is 1.81. The summed E-state index contributed by atoms with van der Waals surface area (Å²) in [4.78, 5) is 0. The Morgan fingerprint density at radius 2 is 2.08 bits per heavy atom. The van der Waals surface area contributed by atoms with Crippen LogP contribution < -0.4 is 11.3 Å². The van der Waals surface area contributed by atoms with Gasteiger partial charge in [-0.25, -0.2) is 4.68 Å². The summed E-state index contributed by atoms with van der Waals surface area (Å²) < 4.78 is 1.76. The fraction of sp³-hybridized carbons (Fsp3) is 0. The van der Waals surface area contributed by atoms with Crippen LogP contribution in [0.25, 0.3) is 5.69 Å². The van der Waals surface area contributed by atoms with Crippen LogP contribution in [0.4, 0.5) is 5.69 Å². The van der Waals surface area contributed by atoms with Crippen LogP contribution in [0.1, 0.15) is 0 Å². The monoisotopic (exact) mass is 174 g/mol. The molecule has 0 aliphatic heterocycles. The molecule has 2 rings (SSSR count). The molecule has 2 aromatic rings. The summed E-state index contributed by atoms with van der Waals surface area (Å²) in [6, 6.07) is 9.58. The van der Waals surface area contributed by atoms with Crippen LogP contribution in [0.5, 0.6) is 0 Å². The van der Waals surface area contributed by atoms with Crippen molar-refractivity contribution in [3.63, 3.8) is 0 Å². The number of nitrogens with zero attached hydrogens (tertiary/aromatic N) is 2. The van der Waals surface area contributed by atoms with E-state index in [1.165, 1.54) is 0 Å². The number of anilines is 1. The van der Waals surface area contributed by atoms with Gasteiger partial charge < -0.3 is 5.43 Å². The number of hydrogen-bond donors (Lipinski definition) is 2. The highest BCUT2D eigenvalue weighted by Gasteiger charge is 2.00. The van der Waals surface area contributed by atoms with Gasteiger partial charge in [-0.15, -0.1) is 0 Å². The van der Waals surface area contributed by atoms with E-state index in [0.29, 0.717) is 0 Å². The van der Waals surface area contributed by atoms with Crippen LogP contribution >= 0.6 is 0 Å². The summed E-state index contributed by atoms with van der Waals surface area (Å²) >= 11 is 0. The number of nitrogen functional groups attached to an aromatic ring is 1. The minimum atomic E-state index is 0.853. The molecule has 0 bridgehead atoms. The first-order valence-corrected chi connectivity index (χ1v) is 3.97. The van der Waals surface area contributed by atoms with Crippen LogP contribution in [-0.4, -0.2) is 9.78 Å². The van der Waals surface area contributed by atoms with E-state index in [1.54, 1.807) is 10.9 Å². The van der Waals surface area contributed by atoms with Gasteiger partial charge in [0, 0.05) is 12.4 Å². The van der Waals surface area contributed by atoms with Gasteiger partial charge in [0.05, 0.1) is 11.4 Å². The smallest absolute Gasteiger partial charge is 0.0890 e. The molecule has 0 aliphatic rings. The van der Waals surface area contributed by atoms with E-state index in [4.69, 9.17) is 5.84 Å². The van der Waals surface area contributed by atoms with Crippen molar-refractivity contribution >= 4 is 5.69 Å². The third kappa shape index (κ3) is 1.39. The fourth-order valence-corrected chi connectivity index (χ4v) is 1.21. The Balaban J connectivity index is 2.51. The highest BCUT2D eigenvalue weighted by Crippen LogP contribution is 2.16. The van der Waals surface area contributed by atoms with Crippen molar-refractivity contribution in [1.29, 1.82) is 0 Å². The van der Waals surface area contributed by atoms with E-state index in [9.17, 15) is 0 Å². The molecule has 3 N–H and O–H groups in total. The molecule has 0 radical (unpaired) electrons. The first-order chi connectivity index (χ1) is 6.42. The minimum absolute atomic E-state index is 0.853. The van der Waals surface area contributed by atoms with Gasteiger partial charge in [-0.2, -0.15) is 5.10 Å². The topological polar surface area (TPSA) is 55.9 Å². The van der Waals surface area contributed by atoms with Crippen molar-refractivity contribution in [2.75, 3.05) is 5.43 Å². The van der Waals surface area contributed by atoms with Gasteiger partial charge in [-0.3, -0.25) is 5.84 Å². The molecule has 0 atom stereocenters. The molecule has 0 saturated carbocycles. The molecule has 4 nitrogen and oxygen atoms in total. The lowest BCUT2D eigenvalue weighted by molar-refractivity contribution is 0.880. The maximum absolute atomic E-state index is 5.37. The summed E-state index contributed by atoms with van der Waals surface area (Å²) in [7, 11) is 0.